The predicted molar refractivity (Wildman–Crippen MR) is 90.0 cm³/mol. The van der Waals surface area contributed by atoms with Gasteiger partial charge in [-0.05, 0) is 38.4 Å². The number of piperidine rings is 1. The van der Waals surface area contributed by atoms with Gasteiger partial charge in [-0.1, -0.05) is 0 Å². The molecule has 0 aliphatic carbocycles. The fourth-order valence-corrected chi connectivity index (χ4v) is 4.26. The molecular weight excluding hydrogens is 306 g/mol. The van der Waals surface area contributed by atoms with E-state index in [0.29, 0.717) is 11.8 Å². The Labute approximate surface area is 143 Å². The first-order valence-electron chi connectivity index (χ1n) is 9.05. The van der Waals surface area contributed by atoms with Gasteiger partial charge in [0.25, 0.3) is 5.91 Å². The van der Waals surface area contributed by atoms with Gasteiger partial charge >= 0.3 is 0 Å². The molecule has 0 bridgehead atoms. The third kappa shape index (κ3) is 3.10. The Kier molecular flexibility index (Phi) is 4.37. The van der Waals surface area contributed by atoms with E-state index < -0.39 is 0 Å². The van der Waals surface area contributed by atoms with Gasteiger partial charge in [-0.15, -0.1) is 0 Å². The molecular formula is C18H27N3O3. The van der Waals surface area contributed by atoms with Crippen LogP contribution in [0.5, 0.6) is 0 Å². The van der Waals surface area contributed by atoms with Gasteiger partial charge in [0.1, 0.15) is 0 Å². The summed E-state index contributed by atoms with van der Waals surface area (Å²) in [6.45, 7) is 6.94. The Morgan fingerprint density at radius 1 is 1.17 bits per heavy atom. The molecule has 1 amide bonds. The van der Waals surface area contributed by atoms with Crippen molar-refractivity contribution in [3.63, 3.8) is 0 Å². The predicted octanol–water partition coefficient (Wildman–Crippen LogP) is 1.29. The van der Waals surface area contributed by atoms with E-state index >= 15 is 0 Å². The number of furan rings is 1. The fourth-order valence-electron chi connectivity index (χ4n) is 4.26. The first-order valence-corrected chi connectivity index (χ1v) is 9.05. The summed E-state index contributed by atoms with van der Waals surface area (Å²) in [5.41, 5.74) is -0.0199. The molecule has 4 heterocycles. The summed E-state index contributed by atoms with van der Waals surface area (Å²) in [6, 6.07) is 4.05. The molecule has 1 atom stereocenters. The van der Waals surface area contributed by atoms with Gasteiger partial charge in [0, 0.05) is 45.3 Å². The highest BCUT2D eigenvalue weighted by atomic mass is 16.5. The molecule has 1 unspecified atom stereocenters. The quantitative estimate of drug-likeness (QED) is 0.816. The van der Waals surface area contributed by atoms with Gasteiger partial charge < -0.3 is 19.0 Å². The number of ether oxygens (including phenoxy) is 1. The molecule has 3 aliphatic heterocycles. The number of hydrogen-bond acceptors (Lipinski definition) is 5. The van der Waals surface area contributed by atoms with Crippen molar-refractivity contribution in [1.82, 2.24) is 14.7 Å². The minimum atomic E-state index is -0.0199. The number of carbonyl (C=O) groups is 1. The zero-order valence-electron chi connectivity index (χ0n) is 14.4. The van der Waals surface area contributed by atoms with Crippen molar-refractivity contribution >= 4 is 5.91 Å². The maximum absolute atomic E-state index is 12.4. The monoisotopic (exact) mass is 333 g/mol. The molecule has 4 rings (SSSR count). The van der Waals surface area contributed by atoms with Gasteiger partial charge in [-0.25, -0.2) is 0 Å². The summed E-state index contributed by atoms with van der Waals surface area (Å²) in [5.74, 6) is 0.442. The van der Waals surface area contributed by atoms with Crippen molar-refractivity contribution in [3.05, 3.63) is 24.2 Å². The summed E-state index contributed by atoms with van der Waals surface area (Å²) in [7, 11) is 2.19. The number of rotatable bonds is 2. The number of amides is 1. The number of carbonyl (C=O) groups excluding carboxylic acids is 1. The third-order valence-electron chi connectivity index (χ3n) is 5.94. The van der Waals surface area contributed by atoms with Crippen molar-refractivity contribution in [2.75, 3.05) is 52.9 Å². The van der Waals surface area contributed by atoms with Gasteiger partial charge in [0.2, 0.25) is 0 Å². The standard InChI is InChI=1S/C18H27N3O3/c1-19-8-10-20(11-9-19)15-13-18(24-14-15)4-6-21(7-5-18)17(22)16-3-2-12-23-16/h2-3,12,15H,4-11,13-14H2,1H3. The van der Waals surface area contributed by atoms with Crippen molar-refractivity contribution in [2.45, 2.75) is 30.9 Å². The molecule has 1 aromatic heterocycles. The zero-order chi connectivity index (χ0) is 16.6. The Hall–Kier alpha value is -1.37. The van der Waals surface area contributed by atoms with Crippen molar-refractivity contribution in [1.29, 1.82) is 0 Å². The summed E-state index contributed by atoms with van der Waals surface area (Å²) in [5, 5.41) is 0. The maximum Gasteiger partial charge on any atom is 0.289 e. The van der Waals surface area contributed by atoms with Crippen LogP contribution in [0.2, 0.25) is 0 Å². The van der Waals surface area contributed by atoms with E-state index in [1.54, 1.807) is 18.4 Å². The fraction of sp³-hybridized carbons (Fsp3) is 0.722. The zero-order valence-corrected chi connectivity index (χ0v) is 14.4. The van der Waals surface area contributed by atoms with Crippen molar-refractivity contribution in [3.8, 4) is 0 Å². The molecule has 0 N–H and O–H groups in total. The van der Waals surface area contributed by atoms with Crippen LogP contribution in [0.3, 0.4) is 0 Å². The lowest BCUT2D eigenvalue weighted by Gasteiger charge is -2.39. The highest BCUT2D eigenvalue weighted by molar-refractivity contribution is 5.91. The molecule has 6 nitrogen and oxygen atoms in total. The second-order valence-corrected chi connectivity index (χ2v) is 7.46. The minimum Gasteiger partial charge on any atom is -0.459 e. The van der Waals surface area contributed by atoms with Gasteiger partial charge in [0.05, 0.1) is 18.5 Å². The molecule has 1 spiro atoms. The van der Waals surface area contributed by atoms with Gasteiger partial charge in [-0.3, -0.25) is 9.69 Å². The number of hydrogen-bond donors (Lipinski definition) is 0. The van der Waals surface area contributed by atoms with Crippen LogP contribution >= 0.6 is 0 Å². The molecule has 24 heavy (non-hydrogen) atoms. The molecule has 3 aliphatic rings. The second-order valence-electron chi connectivity index (χ2n) is 7.46. The van der Waals surface area contributed by atoms with E-state index in [1.165, 1.54) is 0 Å². The molecule has 3 fully saturated rings. The SMILES string of the molecule is CN1CCN(C2COC3(CCN(C(=O)c4ccco4)CC3)C2)CC1. The smallest absolute Gasteiger partial charge is 0.289 e. The highest BCUT2D eigenvalue weighted by Gasteiger charge is 2.45. The highest BCUT2D eigenvalue weighted by Crippen LogP contribution is 2.38. The van der Waals surface area contributed by atoms with Crippen LogP contribution in [0.15, 0.2) is 22.8 Å². The van der Waals surface area contributed by atoms with E-state index in [-0.39, 0.29) is 11.5 Å². The van der Waals surface area contributed by atoms with E-state index in [2.05, 4.69) is 16.8 Å². The third-order valence-corrected chi connectivity index (χ3v) is 5.94. The van der Waals surface area contributed by atoms with Gasteiger partial charge in [0.15, 0.2) is 5.76 Å². The average Bonchev–Trinajstić information content (AvgIpc) is 3.26. The topological polar surface area (TPSA) is 49.2 Å². The summed E-state index contributed by atoms with van der Waals surface area (Å²) in [4.78, 5) is 19.3. The van der Waals surface area contributed by atoms with E-state index in [0.717, 1.165) is 65.1 Å². The number of likely N-dealkylation sites (N-methyl/N-ethyl adjacent to an activating group) is 1. The number of nitrogens with zero attached hydrogens (tertiary/aromatic N) is 3. The van der Waals surface area contributed by atoms with Crippen LogP contribution in [0.25, 0.3) is 0 Å². The normalized spacial score (nSPS) is 28.5. The number of piperazine rings is 1. The molecule has 3 saturated heterocycles. The number of likely N-dealkylation sites (tertiary alicyclic amines) is 1. The Bertz CT molecular complexity index is 558. The largest absolute Gasteiger partial charge is 0.459 e. The molecule has 0 radical (unpaired) electrons. The van der Waals surface area contributed by atoms with Crippen molar-refractivity contribution in [2.24, 2.45) is 0 Å². The summed E-state index contributed by atoms with van der Waals surface area (Å²) >= 11 is 0. The average molecular weight is 333 g/mol. The first-order chi connectivity index (χ1) is 11.7. The van der Waals surface area contributed by atoms with Crippen LogP contribution in [-0.4, -0.2) is 85.2 Å². The Morgan fingerprint density at radius 2 is 1.92 bits per heavy atom. The maximum atomic E-state index is 12.4. The second kappa shape index (κ2) is 6.50. The lowest BCUT2D eigenvalue weighted by molar-refractivity contribution is -0.0399. The van der Waals surface area contributed by atoms with E-state index in [4.69, 9.17) is 9.15 Å². The lowest BCUT2D eigenvalue weighted by atomic mass is 9.87. The Morgan fingerprint density at radius 3 is 2.58 bits per heavy atom. The van der Waals surface area contributed by atoms with Gasteiger partial charge in [-0.2, -0.15) is 0 Å². The molecule has 0 saturated carbocycles. The van der Waals surface area contributed by atoms with Crippen LogP contribution in [0.4, 0.5) is 0 Å². The first kappa shape index (κ1) is 16.1. The summed E-state index contributed by atoms with van der Waals surface area (Å²) in [6.07, 6.45) is 4.53. The summed E-state index contributed by atoms with van der Waals surface area (Å²) < 4.78 is 11.5. The Balaban J connectivity index is 1.32. The van der Waals surface area contributed by atoms with Crippen LogP contribution in [-0.2, 0) is 4.74 Å². The van der Waals surface area contributed by atoms with E-state index in [9.17, 15) is 4.79 Å². The molecule has 0 aromatic carbocycles. The van der Waals surface area contributed by atoms with Crippen LogP contribution in [0.1, 0.15) is 29.8 Å². The van der Waals surface area contributed by atoms with Crippen LogP contribution < -0.4 is 0 Å². The lowest BCUT2D eigenvalue weighted by Crippen LogP contribution is -2.50. The molecule has 132 valence electrons. The minimum absolute atomic E-state index is 0.00321. The molecule has 6 heteroatoms. The van der Waals surface area contributed by atoms with Crippen molar-refractivity contribution < 1.29 is 13.9 Å². The van der Waals surface area contributed by atoms with Crippen LogP contribution in [0, 0.1) is 0 Å². The van der Waals surface area contributed by atoms with E-state index in [1.807, 2.05) is 4.90 Å². The molecule has 1 aromatic rings.